The molecule has 180 valence electrons. The van der Waals surface area contributed by atoms with Crippen LogP contribution in [0.1, 0.15) is 60.5 Å². The summed E-state index contributed by atoms with van der Waals surface area (Å²) in [6.07, 6.45) is 4.89. The minimum atomic E-state index is -0.537. The normalized spacial score (nSPS) is 15.1. The summed E-state index contributed by atoms with van der Waals surface area (Å²) in [6.45, 7) is 4.51. The number of hydrogen-bond acceptors (Lipinski definition) is 5. The van der Waals surface area contributed by atoms with Crippen molar-refractivity contribution in [2.45, 2.75) is 44.7 Å². The highest BCUT2D eigenvalue weighted by Gasteiger charge is 2.25. The van der Waals surface area contributed by atoms with Crippen LogP contribution in [0.15, 0.2) is 72.8 Å². The van der Waals surface area contributed by atoms with Gasteiger partial charge in [0.05, 0.1) is 31.2 Å². The molecule has 5 heteroatoms. The van der Waals surface area contributed by atoms with Gasteiger partial charge in [-0.15, -0.1) is 0 Å². The van der Waals surface area contributed by atoms with Crippen LogP contribution in [0.5, 0.6) is 5.75 Å². The summed E-state index contributed by atoms with van der Waals surface area (Å²) in [5.41, 5.74) is 5.14. The first-order valence-corrected chi connectivity index (χ1v) is 12.5. The van der Waals surface area contributed by atoms with E-state index in [9.17, 15) is 4.79 Å². The minimum Gasteiger partial charge on any atom is -0.494 e. The molecule has 0 radical (unpaired) electrons. The number of anilines is 1. The first kappa shape index (κ1) is 24.5. The van der Waals surface area contributed by atoms with Gasteiger partial charge in [0.2, 0.25) is 0 Å². The molecule has 3 aromatic carbocycles. The molecule has 0 amide bonds. The summed E-state index contributed by atoms with van der Waals surface area (Å²) in [5.74, 6) is 0.658. The number of nitrogens with zero attached hydrogens (tertiary/aromatic N) is 2. The molecule has 1 N–H and O–H groups in total. The molecule has 1 aliphatic heterocycles. The largest absolute Gasteiger partial charge is 0.494 e. The minimum absolute atomic E-state index is 0.168. The molecule has 0 spiro atoms. The van der Waals surface area contributed by atoms with Crippen LogP contribution < -0.4 is 15.0 Å². The third kappa shape index (κ3) is 5.90. The highest BCUT2D eigenvalue weighted by atomic mass is 16.5. The SMILES string of the molecule is CCOc1cc(C(C=O)NC(c2ccccc2)c2ccccc2N2CCCCC2)ccc1CC#N. The van der Waals surface area contributed by atoms with Gasteiger partial charge in [-0.3, -0.25) is 5.32 Å². The Kier molecular flexibility index (Phi) is 8.53. The second-order valence-electron chi connectivity index (χ2n) is 8.87. The molecular weight excluding hydrogens is 434 g/mol. The van der Waals surface area contributed by atoms with Crippen LogP contribution in [0.2, 0.25) is 0 Å². The van der Waals surface area contributed by atoms with Crippen molar-refractivity contribution in [3.63, 3.8) is 0 Å². The summed E-state index contributed by atoms with van der Waals surface area (Å²) in [4.78, 5) is 14.9. The van der Waals surface area contributed by atoms with E-state index in [-0.39, 0.29) is 12.5 Å². The molecule has 5 nitrogen and oxygen atoms in total. The molecule has 35 heavy (non-hydrogen) atoms. The first-order valence-electron chi connectivity index (χ1n) is 12.5. The number of carbonyl (C=O) groups is 1. The third-order valence-electron chi connectivity index (χ3n) is 6.58. The Morgan fingerprint density at radius 1 is 1.00 bits per heavy atom. The number of hydrogen-bond donors (Lipinski definition) is 1. The Balaban J connectivity index is 1.72. The molecule has 0 saturated carbocycles. The van der Waals surface area contributed by atoms with Crippen molar-refractivity contribution < 1.29 is 9.53 Å². The summed E-state index contributed by atoms with van der Waals surface area (Å²) < 4.78 is 5.80. The summed E-state index contributed by atoms with van der Waals surface area (Å²) in [7, 11) is 0. The van der Waals surface area contributed by atoms with Gasteiger partial charge in [-0.1, -0.05) is 60.7 Å². The van der Waals surface area contributed by atoms with Gasteiger partial charge in [-0.05, 0) is 55.0 Å². The number of rotatable bonds is 10. The van der Waals surface area contributed by atoms with Crippen molar-refractivity contribution in [3.05, 3.63) is 95.1 Å². The maximum Gasteiger partial charge on any atom is 0.141 e. The van der Waals surface area contributed by atoms with Gasteiger partial charge < -0.3 is 14.4 Å². The van der Waals surface area contributed by atoms with E-state index in [2.05, 4.69) is 52.7 Å². The van der Waals surface area contributed by atoms with Crippen LogP contribution in [0.3, 0.4) is 0 Å². The zero-order valence-corrected chi connectivity index (χ0v) is 20.3. The molecule has 1 saturated heterocycles. The molecule has 2 unspecified atom stereocenters. The molecule has 1 fully saturated rings. The van der Waals surface area contributed by atoms with Gasteiger partial charge >= 0.3 is 0 Å². The third-order valence-corrected chi connectivity index (χ3v) is 6.58. The highest BCUT2D eigenvalue weighted by Crippen LogP contribution is 2.34. The van der Waals surface area contributed by atoms with Crippen LogP contribution >= 0.6 is 0 Å². The van der Waals surface area contributed by atoms with E-state index in [1.807, 2.05) is 43.3 Å². The lowest BCUT2D eigenvalue weighted by Crippen LogP contribution is -2.33. The number of aldehydes is 1. The van der Waals surface area contributed by atoms with Crippen LogP contribution in [0.25, 0.3) is 0 Å². The number of nitrogens with one attached hydrogen (secondary N) is 1. The summed E-state index contributed by atoms with van der Waals surface area (Å²) >= 11 is 0. The zero-order chi connectivity index (χ0) is 24.5. The molecule has 2 atom stereocenters. The zero-order valence-electron chi connectivity index (χ0n) is 20.3. The fraction of sp³-hybridized carbons (Fsp3) is 0.333. The topological polar surface area (TPSA) is 65.4 Å². The quantitative estimate of drug-likeness (QED) is 0.384. The van der Waals surface area contributed by atoms with Gasteiger partial charge in [-0.2, -0.15) is 5.26 Å². The van der Waals surface area contributed by atoms with Crippen molar-refractivity contribution in [3.8, 4) is 11.8 Å². The van der Waals surface area contributed by atoms with Crippen LogP contribution in [-0.4, -0.2) is 26.0 Å². The number of para-hydroxylation sites is 1. The second-order valence-corrected chi connectivity index (χ2v) is 8.87. The van der Waals surface area contributed by atoms with Gasteiger partial charge in [0.15, 0.2) is 0 Å². The van der Waals surface area contributed by atoms with Gasteiger partial charge in [0, 0.05) is 24.3 Å². The van der Waals surface area contributed by atoms with E-state index < -0.39 is 6.04 Å². The average molecular weight is 468 g/mol. The van der Waals surface area contributed by atoms with Crippen molar-refractivity contribution in [2.75, 3.05) is 24.6 Å². The van der Waals surface area contributed by atoms with Gasteiger partial charge in [0.1, 0.15) is 12.0 Å². The highest BCUT2D eigenvalue weighted by molar-refractivity contribution is 5.64. The van der Waals surface area contributed by atoms with E-state index in [1.54, 1.807) is 0 Å². The van der Waals surface area contributed by atoms with E-state index in [0.29, 0.717) is 12.4 Å². The van der Waals surface area contributed by atoms with Crippen LogP contribution in [0, 0.1) is 11.3 Å². The number of ether oxygens (including phenoxy) is 1. The fourth-order valence-corrected chi connectivity index (χ4v) is 4.84. The maximum absolute atomic E-state index is 12.4. The van der Waals surface area contributed by atoms with E-state index in [0.717, 1.165) is 36.1 Å². The lowest BCUT2D eigenvalue weighted by atomic mass is 9.93. The Morgan fingerprint density at radius 3 is 2.46 bits per heavy atom. The van der Waals surface area contributed by atoms with Crippen molar-refractivity contribution >= 4 is 12.0 Å². The Bertz CT molecular complexity index is 1150. The molecule has 0 aliphatic carbocycles. The van der Waals surface area contributed by atoms with Gasteiger partial charge in [0.25, 0.3) is 0 Å². The van der Waals surface area contributed by atoms with Crippen LogP contribution in [-0.2, 0) is 11.2 Å². The Morgan fingerprint density at radius 2 is 1.74 bits per heavy atom. The molecule has 1 heterocycles. The Hall–Kier alpha value is -3.62. The summed E-state index contributed by atoms with van der Waals surface area (Å²) in [5, 5.41) is 12.8. The number of carbonyl (C=O) groups excluding carboxylic acids is 1. The maximum atomic E-state index is 12.4. The molecule has 4 rings (SSSR count). The van der Waals surface area contributed by atoms with Crippen molar-refractivity contribution in [1.82, 2.24) is 5.32 Å². The van der Waals surface area contributed by atoms with E-state index in [4.69, 9.17) is 10.00 Å². The lowest BCUT2D eigenvalue weighted by Gasteiger charge is -2.33. The monoisotopic (exact) mass is 467 g/mol. The summed E-state index contributed by atoms with van der Waals surface area (Å²) in [6, 6.07) is 26.0. The fourth-order valence-electron chi connectivity index (χ4n) is 4.84. The molecule has 0 aromatic heterocycles. The van der Waals surface area contributed by atoms with Crippen LogP contribution in [0.4, 0.5) is 5.69 Å². The van der Waals surface area contributed by atoms with Gasteiger partial charge in [-0.25, -0.2) is 0 Å². The predicted octanol–water partition coefficient (Wildman–Crippen LogP) is 5.76. The Labute approximate surface area is 208 Å². The molecular formula is C30H33N3O2. The number of benzene rings is 3. The number of piperidine rings is 1. The smallest absolute Gasteiger partial charge is 0.141 e. The molecule has 3 aromatic rings. The molecule has 1 aliphatic rings. The van der Waals surface area contributed by atoms with Crippen molar-refractivity contribution in [1.29, 1.82) is 5.26 Å². The number of nitriles is 1. The lowest BCUT2D eigenvalue weighted by molar-refractivity contribution is -0.109. The predicted molar refractivity (Wildman–Crippen MR) is 140 cm³/mol. The second kappa shape index (κ2) is 12.2. The average Bonchev–Trinajstić information content (AvgIpc) is 2.92. The first-order chi connectivity index (χ1) is 17.2. The molecule has 0 bridgehead atoms. The van der Waals surface area contributed by atoms with Crippen molar-refractivity contribution in [2.24, 2.45) is 0 Å². The standard InChI is InChI=1S/C30H33N3O2/c1-2-35-29-21-25(16-15-23(29)17-18-31)27(22-34)32-30(24-11-5-3-6-12-24)26-13-7-8-14-28(26)33-19-9-4-10-20-33/h3,5-8,11-16,21-22,27,30,32H,2,4,9-10,17,19-20H2,1H3. The van der Waals surface area contributed by atoms with E-state index in [1.165, 1.54) is 30.5 Å². The van der Waals surface area contributed by atoms with E-state index >= 15 is 0 Å².